The molecule has 2 heteroatoms. The van der Waals surface area contributed by atoms with E-state index in [1.807, 2.05) is 0 Å². The smallest absolute Gasteiger partial charge is 0.0622 e. The summed E-state index contributed by atoms with van der Waals surface area (Å²) >= 11 is 0. The van der Waals surface area contributed by atoms with Crippen molar-refractivity contribution in [3.8, 4) is 0 Å². The van der Waals surface area contributed by atoms with Gasteiger partial charge in [-0.05, 0) is 133 Å². The summed E-state index contributed by atoms with van der Waals surface area (Å²) < 4.78 is 11.0. The molecule has 0 aromatic heterocycles. The maximum atomic E-state index is 5.52. The Morgan fingerprint density at radius 1 is 0.477 bits per heavy atom. The van der Waals surface area contributed by atoms with Crippen LogP contribution >= 0.6 is 0 Å². The Kier molecular flexibility index (Phi) is 22.6. The molecule has 2 nitrogen and oxygen atoms in total. The van der Waals surface area contributed by atoms with E-state index < -0.39 is 0 Å². The highest BCUT2D eigenvalue weighted by atomic mass is 16.5. The van der Waals surface area contributed by atoms with Crippen molar-refractivity contribution < 1.29 is 9.47 Å². The van der Waals surface area contributed by atoms with Crippen LogP contribution in [0.3, 0.4) is 0 Å². The number of hydrogen-bond acceptors (Lipinski definition) is 2. The van der Waals surface area contributed by atoms with Crippen LogP contribution < -0.4 is 0 Å². The molecule has 0 saturated heterocycles. The molecule has 0 aromatic rings. The van der Waals surface area contributed by atoms with Gasteiger partial charge in [-0.2, -0.15) is 0 Å². The predicted molar refractivity (Wildman–Crippen MR) is 198 cm³/mol. The highest BCUT2D eigenvalue weighted by Crippen LogP contribution is 2.20. The predicted octanol–water partition coefficient (Wildman–Crippen LogP) is 13.1. The van der Waals surface area contributed by atoms with Gasteiger partial charge in [0.25, 0.3) is 0 Å². The van der Waals surface area contributed by atoms with Crippen molar-refractivity contribution in [2.75, 3.05) is 14.2 Å². The molecule has 0 aliphatic heterocycles. The van der Waals surface area contributed by atoms with Gasteiger partial charge in [0.15, 0.2) is 0 Å². The van der Waals surface area contributed by atoms with Crippen LogP contribution in [0.15, 0.2) is 106 Å². The molecule has 0 radical (unpaired) electrons. The maximum Gasteiger partial charge on any atom is 0.0622 e. The van der Waals surface area contributed by atoms with Crippen LogP contribution in [0.2, 0.25) is 0 Å². The van der Waals surface area contributed by atoms with Crippen LogP contribution in [0, 0.1) is 0 Å². The third kappa shape index (κ3) is 25.0. The van der Waals surface area contributed by atoms with Gasteiger partial charge in [-0.15, -0.1) is 0 Å². The van der Waals surface area contributed by atoms with Crippen LogP contribution in [0.25, 0.3) is 0 Å². The van der Waals surface area contributed by atoms with Crippen molar-refractivity contribution in [2.45, 2.75) is 145 Å². The van der Waals surface area contributed by atoms with E-state index in [0.29, 0.717) is 0 Å². The lowest BCUT2D eigenvalue weighted by Gasteiger charge is -2.22. The summed E-state index contributed by atoms with van der Waals surface area (Å²) in [5.41, 5.74) is 8.24. The fraction of sp³-hybridized carbons (Fsp3) is 0.571. The van der Waals surface area contributed by atoms with Crippen LogP contribution in [-0.4, -0.2) is 25.4 Å². The molecule has 0 saturated carbocycles. The number of ether oxygens (including phenoxy) is 2. The highest BCUT2D eigenvalue weighted by Gasteiger charge is 2.15. The van der Waals surface area contributed by atoms with Crippen molar-refractivity contribution in [2.24, 2.45) is 0 Å². The maximum absolute atomic E-state index is 5.52. The van der Waals surface area contributed by atoms with Crippen molar-refractivity contribution in [3.63, 3.8) is 0 Å². The second-order valence-electron chi connectivity index (χ2n) is 13.8. The van der Waals surface area contributed by atoms with Crippen molar-refractivity contribution in [3.05, 3.63) is 106 Å². The minimum Gasteiger partial charge on any atom is -0.379 e. The Bertz CT molecular complexity index is 1080. The van der Waals surface area contributed by atoms with Gasteiger partial charge < -0.3 is 9.47 Å². The summed E-state index contributed by atoms with van der Waals surface area (Å²) in [4.78, 5) is 0. The van der Waals surface area contributed by atoms with Gasteiger partial charge in [0.05, 0.1) is 11.2 Å². The topological polar surface area (TPSA) is 18.5 Å². The first-order chi connectivity index (χ1) is 20.7. The molecule has 0 amide bonds. The first-order valence-electron chi connectivity index (χ1n) is 16.8. The molecule has 248 valence electrons. The van der Waals surface area contributed by atoms with E-state index in [2.05, 4.69) is 142 Å². The average Bonchev–Trinajstić information content (AvgIpc) is 2.95. The Balaban J connectivity index is 4.47. The lowest BCUT2D eigenvalue weighted by molar-refractivity contribution is 0.0137. The minimum atomic E-state index is -0.0306. The van der Waals surface area contributed by atoms with Gasteiger partial charge in [-0.25, -0.2) is 0 Å². The third-order valence-corrected chi connectivity index (χ3v) is 8.18. The summed E-state index contributed by atoms with van der Waals surface area (Å²) in [7, 11) is 3.60. The molecule has 0 unspecified atom stereocenters. The Morgan fingerprint density at radius 3 is 1.36 bits per heavy atom. The summed E-state index contributed by atoms with van der Waals surface area (Å²) in [5, 5.41) is 0. The van der Waals surface area contributed by atoms with Crippen LogP contribution in [0.1, 0.15) is 133 Å². The van der Waals surface area contributed by atoms with E-state index in [1.165, 1.54) is 46.3 Å². The first kappa shape index (κ1) is 41.6. The number of allylic oxidation sites excluding steroid dienone is 18. The van der Waals surface area contributed by atoms with Gasteiger partial charge in [0.2, 0.25) is 0 Å². The molecule has 0 spiro atoms. The van der Waals surface area contributed by atoms with Crippen molar-refractivity contribution in [1.82, 2.24) is 0 Å². The van der Waals surface area contributed by atoms with E-state index in [1.54, 1.807) is 14.2 Å². The second kappa shape index (κ2) is 23.9. The molecule has 0 atom stereocenters. The van der Waals surface area contributed by atoms with E-state index in [0.717, 1.165) is 51.4 Å². The summed E-state index contributed by atoms with van der Waals surface area (Å²) in [6, 6.07) is 0. The van der Waals surface area contributed by atoms with Crippen LogP contribution in [0.5, 0.6) is 0 Å². The SMILES string of the molecule is COC(C)(C)CCCC(C)=CC=CC(C)=CC=CC(C)=CC=CC=C(C)CCC=C(C)CCC=C(C)CCCC(C)(C)OC. The number of hydrogen-bond donors (Lipinski definition) is 0. The zero-order chi connectivity index (χ0) is 33.4. The molecule has 0 aliphatic rings. The van der Waals surface area contributed by atoms with Gasteiger partial charge in [-0.3, -0.25) is 0 Å². The largest absolute Gasteiger partial charge is 0.379 e. The van der Waals surface area contributed by atoms with Gasteiger partial charge >= 0.3 is 0 Å². The zero-order valence-corrected chi connectivity index (χ0v) is 30.8. The molecular weight excluding hydrogens is 536 g/mol. The molecule has 0 bridgehead atoms. The molecule has 0 N–H and O–H groups in total. The number of rotatable bonds is 22. The highest BCUT2D eigenvalue weighted by molar-refractivity contribution is 5.30. The van der Waals surface area contributed by atoms with Crippen molar-refractivity contribution in [1.29, 1.82) is 0 Å². The molecule has 0 aromatic carbocycles. The van der Waals surface area contributed by atoms with E-state index in [4.69, 9.17) is 9.47 Å². The molecule has 0 fully saturated rings. The summed E-state index contributed by atoms with van der Waals surface area (Å²) in [6.07, 6.45) is 37.8. The molecule has 44 heavy (non-hydrogen) atoms. The van der Waals surface area contributed by atoms with E-state index in [-0.39, 0.29) is 11.2 Å². The molecule has 0 rings (SSSR count). The van der Waals surface area contributed by atoms with Crippen molar-refractivity contribution >= 4 is 0 Å². The first-order valence-corrected chi connectivity index (χ1v) is 16.8. The van der Waals surface area contributed by atoms with E-state index >= 15 is 0 Å². The van der Waals surface area contributed by atoms with Gasteiger partial charge in [-0.1, -0.05) is 106 Å². The summed E-state index contributed by atoms with van der Waals surface area (Å²) in [5.74, 6) is 0. The molecule has 0 aliphatic carbocycles. The quantitative estimate of drug-likeness (QED) is 0.0904. The van der Waals surface area contributed by atoms with Gasteiger partial charge in [0.1, 0.15) is 0 Å². The Morgan fingerprint density at radius 2 is 0.841 bits per heavy atom. The summed E-state index contributed by atoms with van der Waals surface area (Å²) in [6.45, 7) is 21.9. The van der Waals surface area contributed by atoms with Crippen LogP contribution in [0.4, 0.5) is 0 Å². The fourth-order valence-electron chi connectivity index (χ4n) is 4.51. The standard InChI is InChI=1S/C42H68O2/c1-35(23-15-25-37(3)27-17-29-39(5)31-19-33-41(7,8)43-11)21-13-14-22-36(2)24-16-26-38(4)28-18-30-40(6)32-20-34-42(9,10)44-12/h13-15,17,21-23,25-27,29-30H,16,18-20,24,28,31-34H2,1-12H3. The van der Waals surface area contributed by atoms with Crippen LogP contribution in [-0.2, 0) is 9.47 Å². The minimum absolute atomic E-state index is 0.00945. The third-order valence-electron chi connectivity index (χ3n) is 8.18. The second-order valence-corrected chi connectivity index (χ2v) is 13.8. The fourth-order valence-corrected chi connectivity index (χ4v) is 4.51. The zero-order valence-electron chi connectivity index (χ0n) is 30.8. The monoisotopic (exact) mass is 605 g/mol. The van der Waals surface area contributed by atoms with E-state index in [9.17, 15) is 0 Å². The molecule has 0 heterocycles. The lowest BCUT2D eigenvalue weighted by Crippen LogP contribution is -2.21. The van der Waals surface area contributed by atoms with Gasteiger partial charge in [0, 0.05) is 14.2 Å². The Hall–Kier alpha value is -2.42. The normalized spacial score (nSPS) is 15.5. The average molecular weight is 605 g/mol. The number of methoxy groups -OCH3 is 2. The lowest BCUT2D eigenvalue weighted by atomic mass is 9.98. The molecular formula is C42H68O2. The Labute approximate surface area is 274 Å².